The molecule has 2 N–H and O–H groups in total. The Morgan fingerprint density at radius 1 is 1.56 bits per heavy atom. The highest BCUT2D eigenvalue weighted by Gasteiger charge is 2.46. The Balaban J connectivity index is 2.10. The first-order valence-corrected chi connectivity index (χ1v) is 6.52. The summed E-state index contributed by atoms with van der Waals surface area (Å²) in [6.45, 7) is 6.99. The molecule has 4 nitrogen and oxygen atoms in total. The fourth-order valence-electron chi connectivity index (χ4n) is 1.85. The number of carbonyl (C=O) groups excluding carboxylic acids is 1. The van der Waals surface area contributed by atoms with Crippen LogP contribution in [0.3, 0.4) is 0 Å². The van der Waals surface area contributed by atoms with Crippen molar-refractivity contribution in [2.45, 2.75) is 33.2 Å². The average molecular weight is 268 g/mol. The number of hydrogen-bond donors (Lipinski definition) is 2. The lowest BCUT2D eigenvalue weighted by Crippen LogP contribution is -2.28. The van der Waals surface area contributed by atoms with Crippen molar-refractivity contribution in [1.82, 2.24) is 10.3 Å². The number of aromatic nitrogens is 1. The second-order valence-corrected chi connectivity index (χ2v) is 5.70. The highest BCUT2D eigenvalue weighted by atomic mass is 35.5. The fraction of sp³-hybridized carbons (Fsp3) is 0.538. The summed E-state index contributed by atoms with van der Waals surface area (Å²) in [5.74, 6) is 0.541. The highest BCUT2D eigenvalue weighted by molar-refractivity contribution is 6.29. The maximum atomic E-state index is 12.1. The predicted molar refractivity (Wildman–Crippen MR) is 73.1 cm³/mol. The molecule has 1 atom stereocenters. The smallest absolute Gasteiger partial charge is 0.251 e. The molecule has 2 rings (SSSR count). The topological polar surface area (TPSA) is 54.0 Å². The Bertz CT molecular complexity index is 473. The van der Waals surface area contributed by atoms with Crippen LogP contribution in [-0.2, 0) is 0 Å². The van der Waals surface area contributed by atoms with Crippen molar-refractivity contribution >= 4 is 23.3 Å². The van der Waals surface area contributed by atoms with E-state index in [-0.39, 0.29) is 17.4 Å². The molecular formula is C13H18ClN3O. The van der Waals surface area contributed by atoms with Gasteiger partial charge >= 0.3 is 0 Å². The number of halogens is 1. The van der Waals surface area contributed by atoms with Gasteiger partial charge in [-0.05, 0) is 30.9 Å². The summed E-state index contributed by atoms with van der Waals surface area (Å²) >= 11 is 5.91. The van der Waals surface area contributed by atoms with Crippen molar-refractivity contribution in [2.75, 3.05) is 11.9 Å². The first-order valence-electron chi connectivity index (χ1n) is 6.14. The minimum absolute atomic E-state index is 0.0889. The number of pyridine rings is 1. The summed E-state index contributed by atoms with van der Waals surface area (Å²) in [5.41, 5.74) is 0.769. The normalized spacial score (nSPS) is 20.3. The molecule has 0 radical (unpaired) electrons. The molecule has 0 spiro atoms. The van der Waals surface area contributed by atoms with Crippen molar-refractivity contribution in [3.05, 3.63) is 22.8 Å². The van der Waals surface area contributed by atoms with Gasteiger partial charge in [0.25, 0.3) is 5.91 Å². The number of hydrogen-bond acceptors (Lipinski definition) is 3. The summed E-state index contributed by atoms with van der Waals surface area (Å²) in [5, 5.41) is 6.38. The van der Waals surface area contributed by atoms with Crippen molar-refractivity contribution in [2.24, 2.45) is 5.41 Å². The number of carbonyl (C=O) groups is 1. The van der Waals surface area contributed by atoms with E-state index in [0.29, 0.717) is 16.5 Å². The largest absolute Gasteiger partial charge is 0.370 e. The second kappa shape index (κ2) is 4.76. The van der Waals surface area contributed by atoms with Gasteiger partial charge in [0.15, 0.2) is 0 Å². The zero-order valence-electron chi connectivity index (χ0n) is 10.9. The van der Waals surface area contributed by atoms with Gasteiger partial charge in [0, 0.05) is 18.2 Å². The van der Waals surface area contributed by atoms with Gasteiger partial charge in [-0.3, -0.25) is 4.79 Å². The lowest BCUT2D eigenvalue weighted by molar-refractivity contribution is 0.0946. The summed E-state index contributed by atoms with van der Waals surface area (Å²) < 4.78 is 0. The van der Waals surface area contributed by atoms with E-state index in [9.17, 15) is 4.79 Å². The Kier molecular flexibility index (Phi) is 3.48. The number of nitrogens with zero attached hydrogens (tertiary/aromatic N) is 1. The van der Waals surface area contributed by atoms with Crippen molar-refractivity contribution in [3.8, 4) is 0 Å². The zero-order valence-corrected chi connectivity index (χ0v) is 11.6. The summed E-state index contributed by atoms with van der Waals surface area (Å²) in [4.78, 5) is 16.2. The molecule has 98 valence electrons. The molecule has 18 heavy (non-hydrogen) atoms. The maximum absolute atomic E-state index is 12.1. The lowest BCUT2D eigenvalue weighted by Gasteiger charge is -2.09. The number of rotatable bonds is 4. The molecule has 1 amide bonds. The molecule has 1 saturated carbocycles. The minimum atomic E-state index is -0.0889. The van der Waals surface area contributed by atoms with Crippen LogP contribution in [0.25, 0.3) is 0 Å². The van der Waals surface area contributed by atoms with Crippen LogP contribution in [0.5, 0.6) is 0 Å². The van der Waals surface area contributed by atoms with E-state index in [1.54, 1.807) is 12.1 Å². The van der Waals surface area contributed by atoms with Crippen LogP contribution in [0, 0.1) is 5.41 Å². The summed E-state index contributed by atoms with van der Waals surface area (Å²) in [6.07, 6.45) is 1.03. The van der Waals surface area contributed by atoms with Crippen molar-refractivity contribution in [3.63, 3.8) is 0 Å². The number of nitrogens with one attached hydrogen (secondary N) is 2. The van der Waals surface area contributed by atoms with Gasteiger partial charge in [0.2, 0.25) is 0 Å². The molecule has 1 fully saturated rings. The third kappa shape index (κ3) is 2.93. The molecule has 0 aliphatic heterocycles. The third-order valence-corrected chi connectivity index (χ3v) is 3.43. The van der Waals surface area contributed by atoms with Crippen LogP contribution in [-0.4, -0.2) is 23.5 Å². The maximum Gasteiger partial charge on any atom is 0.251 e. The van der Waals surface area contributed by atoms with E-state index >= 15 is 0 Å². The van der Waals surface area contributed by atoms with E-state index in [0.717, 1.165) is 13.0 Å². The molecule has 0 aromatic carbocycles. The number of anilines is 1. The van der Waals surface area contributed by atoms with Gasteiger partial charge in [-0.25, -0.2) is 4.98 Å². The quantitative estimate of drug-likeness (QED) is 0.825. The van der Waals surface area contributed by atoms with E-state index < -0.39 is 0 Å². The molecule has 1 aliphatic rings. The lowest BCUT2D eigenvalue weighted by atomic mass is 10.2. The molecular weight excluding hydrogens is 250 g/mol. The van der Waals surface area contributed by atoms with E-state index in [1.807, 2.05) is 6.92 Å². The van der Waals surface area contributed by atoms with Crippen LogP contribution in [0.1, 0.15) is 37.6 Å². The van der Waals surface area contributed by atoms with Gasteiger partial charge in [-0.2, -0.15) is 0 Å². The minimum Gasteiger partial charge on any atom is -0.370 e. The predicted octanol–water partition coefficient (Wildman–Crippen LogP) is 2.70. The molecule has 0 saturated heterocycles. The van der Waals surface area contributed by atoms with E-state index in [4.69, 9.17) is 11.6 Å². The molecule has 1 aromatic rings. The molecule has 1 aromatic heterocycles. The Morgan fingerprint density at radius 2 is 2.22 bits per heavy atom. The van der Waals surface area contributed by atoms with Crippen LogP contribution >= 0.6 is 11.6 Å². The molecule has 5 heteroatoms. The van der Waals surface area contributed by atoms with Crippen LogP contribution in [0.2, 0.25) is 5.15 Å². The van der Waals surface area contributed by atoms with Gasteiger partial charge < -0.3 is 10.6 Å². The standard InChI is InChI=1S/C13H18ClN3O/c1-4-15-11-6-8(5-10(14)17-11)12(18)16-9-7-13(9,2)3/h5-6,9H,4,7H2,1-3H3,(H,15,17)(H,16,18). The van der Waals surface area contributed by atoms with Gasteiger partial charge in [-0.15, -0.1) is 0 Å². The molecule has 0 bridgehead atoms. The molecule has 1 heterocycles. The Morgan fingerprint density at radius 3 is 2.78 bits per heavy atom. The van der Waals surface area contributed by atoms with Crippen LogP contribution in [0.15, 0.2) is 12.1 Å². The second-order valence-electron chi connectivity index (χ2n) is 5.31. The molecule has 1 aliphatic carbocycles. The van der Waals surface area contributed by atoms with Crippen LogP contribution in [0.4, 0.5) is 5.82 Å². The van der Waals surface area contributed by atoms with Crippen LogP contribution < -0.4 is 10.6 Å². The van der Waals surface area contributed by atoms with Crippen molar-refractivity contribution < 1.29 is 4.79 Å². The third-order valence-electron chi connectivity index (χ3n) is 3.23. The van der Waals surface area contributed by atoms with E-state index in [1.165, 1.54) is 0 Å². The van der Waals surface area contributed by atoms with Gasteiger partial charge in [0.05, 0.1) is 0 Å². The zero-order chi connectivity index (χ0) is 13.3. The fourth-order valence-corrected chi connectivity index (χ4v) is 2.06. The van der Waals surface area contributed by atoms with E-state index in [2.05, 4.69) is 29.5 Å². The van der Waals surface area contributed by atoms with Crippen molar-refractivity contribution in [1.29, 1.82) is 0 Å². The average Bonchev–Trinajstić information content (AvgIpc) is 2.85. The first kappa shape index (κ1) is 13.1. The first-order chi connectivity index (χ1) is 8.42. The number of amides is 1. The SMILES string of the molecule is CCNc1cc(C(=O)NC2CC2(C)C)cc(Cl)n1. The highest BCUT2D eigenvalue weighted by Crippen LogP contribution is 2.44. The molecule has 1 unspecified atom stereocenters. The summed E-state index contributed by atoms with van der Waals surface area (Å²) in [6, 6.07) is 3.58. The Labute approximate surface area is 112 Å². The van der Waals surface area contributed by atoms with Gasteiger partial charge in [0.1, 0.15) is 11.0 Å². The van der Waals surface area contributed by atoms with Gasteiger partial charge in [-0.1, -0.05) is 25.4 Å². The Hall–Kier alpha value is -1.29. The summed E-state index contributed by atoms with van der Waals surface area (Å²) in [7, 11) is 0. The monoisotopic (exact) mass is 267 g/mol.